The van der Waals surface area contributed by atoms with E-state index >= 15 is 0 Å². The van der Waals surface area contributed by atoms with Gasteiger partial charge in [0.05, 0.1) is 9.15 Å². The Balaban J connectivity index is 1.89. The van der Waals surface area contributed by atoms with Gasteiger partial charge in [-0.2, -0.15) is 0 Å². The number of rotatable bonds is 3. The Morgan fingerprint density at radius 3 is 2.27 bits per heavy atom. The van der Waals surface area contributed by atoms with E-state index in [0.29, 0.717) is 0 Å². The molecule has 0 unspecified atom stereocenters. The highest BCUT2D eigenvalue weighted by atomic mass is 79.9. The van der Waals surface area contributed by atoms with Gasteiger partial charge in [0.15, 0.2) is 0 Å². The molecule has 120 valence electrons. The monoisotopic (exact) mass is 491 g/mol. The number of carbonyl (C=O) groups excluding carboxylic acids is 1. The van der Waals surface area contributed by atoms with Gasteiger partial charge >= 0.3 is 0 Å². The van der Waals surface area contributed by atoms with Crippen LogP contribution in [-0.2, 0) is 4.79 Å². The zero-order chi connectivity index (χ0) is 16.3. The van der Waals surface area contributed by atoms with E-state index in [9.17, 15) is 4.79 Å². The predicted molar refractivity (Wildman–Crippen MR) is 102 cm³/mol. The van der Waals surface area contributed by atoms with Crippen LogP contribution in [0.1, 0.15) is 32.3 Å². The van der Waals surface area contributed by atoms with Crippen LogP contribution in [0.4, 0.5) is 5.69 Å². The number of hydrogen-bond donors (Lipinski definition) is 1. The third kappa shape index (κ3) is 1.85. The number of benzene rings is 1. The van der Waals surface area contributed by atoms with E-state index in [4.69, 9.17) is 0 Å². The van der Waals surface area contributed by atoms with Crippen LogP contribution in [0.5, 0.6) is 0 Å². The van der Waals surface area contributed by atoms with Crippen molar-refractivity contribution in [3.05, 3.63) is 29.8 Å². The van der Waals surface area contributed by atoms with E-state index in [0.717, 1.165) is 18.5 Å². The lowest BCUT2D eigenvalue weighted by Gasteiger charge is -2.66. The van der Waals surface area contributed by atoms with Crippen LogP contribution in [-0.4, -0.2) is 14.5 Å². The molecule has 22 heavy (non-hydrogen) atoms. The molecule has 0 aliphatic heterocycles. The second-order valence-electron chi connectivity index (χ2n) is 7.12. The van der Waals surface area contributed by atoms with Gasteiger partial charge in [0.2, 0.25) is 5.91 Å². The molecule has 1 N–H and O–H groups in total. The number of nitrogens with one attached hydrogen (secondary N) is 1. The van der Waals surface area contributed by atoms with E-state index in [1.807, 2.05) is 31.2 Å². The van der Waals surface area contributed by atoms with Crippen molar-refractivity contribution >= 4 is 59.4 Å². The topological polar surface area (TPSA) is 29.1 Å². The third-order valence-electron chi connectivity index (χ3n) is 6.20. The minimum atomic E-state index is -0.350. The largest absolute Gasteiger partial charge is 0.326 e. The number of alkyl halides is 3. The molecule has 1 amide bonds. The summed E-state index contributed by atoms with van der Waals surface area (Å²) in [6.45, 7) is 6.50. The van der Waals surface area contributed by atoms with Crippen LogP contribution in [0.25, 0.3) is 0 Å². The van der Waals surface area contributed by atoms with Gasteiger partial charge in [0.25, 0.3) is 0 Å². The van der Waals surface area contributed by atoms with Crippen LogP contribution in [0.3, 0.4) is 0 Å². The van der Waals surface area contributed by atoms with Gasteiger partial charge in [-0.25, -0.2) is 0 Å². The maximum atomic E-state index is 13.1. The van der Waals surface area contributed by atoms with Crippen LogP contribution < -0.4 is 5.32 Å². The average Bonchev–Trinajstić information content (AvgIpc) is 2.91. The van der Waals surface area contributed by atoms with Gasteiger partial charge in [0, 0.05) is 15.9 Å². The highest BCUT2D eigenvalue weighted by Gasteiger charge is 2.83. The van der Waals surface area contributed by atoms with Crippen molar-refractivity contribution < 1.29 is 4.79 Å². The van der Waals surface area contributed by atoms with E-state index in [1.165, 1.54) is 5.56 Å². The molecule has 2 bridgehead atoms. The normalized spacial score (nSPS) is 35.3. The van der Waals surface area contributed by atoms with Crippen molar-refractivity contribution in [1.82, 2.24) is 0 Å². The lowest BCUT2D eigenvalue weighted by Crippen LogP contribution is -2.71. The summed E-state index contributed by atoms with van der Waals surface area (Å²) in [5.74, 6) is 0.136. The maximum Gasteiger partial charge on any atom is 0.232 e. The second-order valence-corrected chi connectivity index (χ2v) is 11.1. The molecular formula is C17H20Br3NO. The molecule has 2 nitrogen and oxygen atoms in total. The highest BCUT2D eigenvalue weighted by molar-refractivity contribution is 9.24. The first-order valence-electron chi connectivity index (χ1n) is 7.50. The smallest absolute Gasteiger partial charge is 0.232 e. The molecule has 3 fully saturated rings. The summed E-state index contributed by atoms with van der Waals surface area (Å²) in [6, 6.07) is 7.99. The SMILES string of the molecule is Cc1ccc(NC(=O)[C@@]23CC[C@@](C(Br)Br)([C@H]2Br)C3(C)C)cc1. The Labute approximate surface area is 157 Å². The van der Waals surface area contributed by atoms with Crippen molar-refractivity contribution in [2.45, 2.75) is 42.2 Å². The van der Waals surface area contributed by atoms with Gasteiger partial charge < -0.3 is 5.32 Å². The Bertz CT molecular complexity index is 613. The number of aryl methyl sites for hydroxylation is 1. The fourth-order valence-electron chi connectivity index (χ4n) is 4.58. The zero-order valence-electron chi connectivity index (χ0n) is 12.9. The maximum absolute atomic E-state index is 13.1. The molecule has 4 rings (SSSR count). The molecule has 1 aromatic rings. The van der Waals surface area contributed by atoms with E-state index in [1.54, 1.807) is 0 Å². The lowest BCUT2D eigenvalue weighted by atomic mass is 9.43. The predicted octanol–water partition coefficient (Wildman–Crippen LogP) is 5.62. The molecule has 0 saturated heterocycles. The van der Waals surface area contributed by atoms with E-state index in [-0.39, 0.29) is 30.7 Å². The molecule has 0 aromatic heterocycles. The summed E-state index contributed by atoms with van der Waals surface area (Å²) in [6.07, 6.45) is 1.96. The molecule has 0 heterocycles. The number of anilines is 1. The van der Waals surface area contributed by atoms with Crippen LogP contribution >= 0.6 is 47.8 Å². The molecule has 3 atom stereocenters. The Kier molecular flexibility index (Phi) is 4.10. The Hall–Kier alpha value is 0.130. The first-order valence-corrected chi connectivity index (χ1v) is 10.3. The minimum absolute atomic E-state index is 0.0671. The molecule has 0 radical (unpaired) electrons. The Morgan fingerprint density at radius 2 is 1.82 bits per heavy atom. The average molecular weight is 494 g/mol. The van der Waals surface area contributed by atoms with Crippen LogP contribution in [0.15, 0.2) is 24.3 Å². The van der Waals surface area contributed by atoms with Gasteiger partial charge in [-0.3, -0.25) is 4.79 Å². The summed E-state index contributed by atoms with van der Waals surface area (Å²) in [5, 5.41) is 3.13. The number of hydrogen-bond acceptors (Lipinski definition) is 1. The molecule has 0 spiro atoms. The minimum Gasteiger partial charge on any atom is -0.326 e. The van der Waals surface area contributed by atoms with Crippen LogP contribution in [0.2, 0.25) is 0 Å². The second kappa shape index (κ2) is 5.32. The van der Waals surface area contributed by atoms with Crippen LogP contribution in [0, 0.1) is 23.2 Å². The van der Waals surface area contributed by atoms with Crippen molar-refractivity contribution in [2.75, 3.05) is 5.32 Å². The van der Waals surface area contributed by atoms with E-state index < -0.39 is 0 Å². The lowest BCUT2D eigenvalue weighted by molar-refractivity contribution is -0.155. The molecule has 3 saturated carbocycles. The number of amides is 1. The molecule has 1 aromatic carbocycles. The summed E-state index contributed by atoms with van der Waals surface area (Å²) >= 11 is 11.3. The fraction of sp³-hybridized carbons (Fsp3) is 0.588. The van der Waals surface area contributed by atoms with Gasteiger partial charge in [-0.15, -0.1) is 0 Å². The molecule has 3 aliphatic rings. The Morgan fingerprint density at radius 1 is 1.23 bits per heavy atom. The summed E-state index contributed by atoms with van der Waals surface area (Å²) in [7, 11) is 0. The summed E-state index contributed by atoms with van der Waals surface area (Å²) < 4.78 is 0.203. The number of fused-ring (bicyclic) bond motifs is 1. The molecule has 5 heteroatoms. The zero-order valence-corrected chi connectivity index (χ0v) is 17.7. The fourth-order valence-corrected chi connectivity index (χ4v) is 9.49. The van der Waals surface area contributed by atoms with Crippen molar-refractivity contribution in [3.8, 4) is 0 Å². The highest BCUT2D eigenvalue weighted by Crippen LogP contribution is 2.82. The first kappa shape index (κ1) is 17.0. The standard InChI is InChI=1S/C17H20Br3NO/c1-10-4-6-11(7-5-10)21-14(22)17-9-8-16(12(17)18,13(19)20)15(17,2)3/h4-7,12-13H,8-9H2,1-3H3,(H,21,22)/t12-,16+,17-/m1/s1. The van der Waals surface area contributed by atoms with Gasteiger partial charge in [-0.05, 0) is 37.3 Å². The molecule has 3 aliphatic carbocycles. The number of halogens is 3. The van der Waals surface area contributed by atoms with Gasteiger partial charge in [-0.1, -0.05) is 79.3 Å². The van der Waals surface area contributed by atoms with Crippen molar-refractivity contribution in [2.24, 2.45) is 16.2 Å². The summed E-state index contributed by atoms with van der Waals surface area (Å²) in [5.41, 5.74) is 1.72. The van der Waals surface area contributed by atoms with Crippen molar-refractivity contribution in [3.63, 3.8) is 0 Å². The van der Waals surface area contributed by atoms with E-state index in [2.05, 4.69) is 67.0 Å². The van der Waals surface area contributed by atoms with Gasteiger partial charge in [0.1, 0.15) is 0 Å². The quantitative estimate of drug-likeness (QED) is 0.544. The first-order chi connectivity index (χ1) is 10.2. The summed E-state index contributed by atoms with van der Waals surface area (Å²) in [4.78, 5) is 13.3. The number of carbonyl (C=O) groups is 1. The third-order valence-corrected chi connectivity index (χ3v) is 9.43. The van der Waals surface area contributed by atoms with Crippen molar-refractivity contribution in [1.29, 1.82) is 0 Å². The molecular weight excluding hydrogens is 474 g/mol.